The Morgan fingerprint density at radius 1 is 1.33 bits per heavy atom. The third-order valence-electron chi connectivity index (χ3n) is 4.06. The van der Waals surface area contributed by atoms with E-state index >= 15 is 0 Å². The molecular formula is C14H18N2O2. The number of carbonyl (C=O) groups excluding carboxylic acids is 1. The lowest BCUT2D eigenvalue weighted by Crippen LogP contribution is -2.46. The van der Waals surface area contributed by atoms with Gasteiger partial charge in [0.2, 0.25) is 0 Å². The smallest absolute Gasteiger partial charge is 0.408 e. The Labute approximate surface area is 107 Å². The van der Waals surface area contributed by atoms with E-state index in [0.717, 1.165) is 37.8 Å². The van der Waals surface area contributed by atoms with Gasteiger partial charge in [0.25, 0.3) is 0 Å². The van der Waals surface area contributed by atoms with Gasteiger partial charge in [0.05, 0.1) is 6.04 Å². The first kappa shape index (κ1) is 11.5. The number of carbonyl (C=O) groups is 1. The molecule has 4 nitrogen and oxygen atoms in total. The van der Waals surface area contributed by atoms with Crippen molar-refractivity contribution in [3.05, 3.63) is 30.1 Å². The molecule has 0 aromatic carbocycles. The second-order valence-electron chi connectivity index (χ2n) is 5.24. The first-order valence-corrected chi connectivity index (χ1v) is 6.68. The molecule has 1 aromatic rings. The van der Waals surface area contributed by atoms with E-state index in [9.17, 15) is 4.79 Å². The predicted octanol–water partition coefficient (Wildman–Crippen LogP) is 2.44. The van der Waals surface area contributed by atoms with Crippen LogP contribution < -0.4 is 5.32 Å². The highest BCUT2D eigenvalue weighted by molar-refractivity contribution is 5.71. The molecule has 2 aliphatic rings. The van der Waals surface area contributed by atoms with Crippen LogP contribution in [0.25, 0.3) is 0 Å². The summed E-state index contributed by atoms with van der Waals surface area (Å²) in [6.07, 6.45) is 7.77. The summed E-state index contributed by atoms with van der Waals surface area (Å²) in [4.78, 5) is 15.9. The molecule has 0 bridgehead atoms. The second kappa shape index (κ2) is 4.59. The van der Waals surface area contributed by atoms with Crippen molar-refractivity contribution in [1.29, 1.82) is 0 Å². The van der Waals surface area contributed by atoms with Gasteiger partial charge >= 0.3 is 6.09 Å². The van der Waals surface area contributed by atoms with E-state index < -0.39 is 0 Å². The molecule has 1 unspecified atom stereocenters. The summed E-state index contributed by atoms with van der Waals surface area (Å²) >= 11 is 0. The summed E-state index contributed by atoms with van der Waals surface area (Å²) in [6, 6.07) is 5.96. The third-order valence-corrected chi connectivity index (χ3v) is 4.06. The number of alkyl carbamates (subject to hydrolysis) is 1. The molecule has 1 amide bonds. The van der Waals surface area contributed by atoms with E-state index in [2.05, 4.69) is 10.3 Å². The third kappa shape index (κ3) is 2.07. The van der Waals surface area contributed by atoms with Crippen LogP contribution in [0.3, 0.4) is 0 Å². The van der Waals surface area contributed by atoms with Gasteiger partial charge in [-0.3, -0.25) is 4.98 Å². The Hall–Kier alpha value is -1.58. The number of pyridine rings is 1. The number of nitrogens with one attached hydrogen (secondary N) is 1. The van der Waals surface area contributed by atoms with E-state index in [1.807, 2.05) is 18.2 Å². The molecule has 1 atom stereocenters. The zero-order valence-corrected chi connectivity index (χ0v) is 10.4. The second-order valence-corrected chi connectivity index (χ2v) is 5.24. The number of aromatic nitrogens is 1. The summed E-state index contributed by atoms with van der Waals surface area (Å²) in [5.41, 5.74) is 0.727. The van der Waals surface area contributed by atoms with Crippen LogP contribution in [-0.2, 0) is 11.2 Å². The van der Waals surface area contributed by atoms with Crippen molar-refractivity contribution in [1.82, 2.24) is 10.3 Å². The summed E-state index contributed by atoms with van der Waals surface area (Å²) in [5.74, 6) is 0. The normalized spacial score (nSPS) is 25.8. The molecule has 1 aromatic heterocycles. The van der Waals surface area contributed by atoms with Gasteiger partial charge in [0.15, 0.2) is 0 Å². The van der Waals surface area contributed by atoms with Crippen molar-refractivity contribution in [3.8, 4) is 0 Å². The van der Waals surface area contributed by atoms with Gasteiger partial charge in [0.1, 0.15) is 5.60 Å². The average molecular weight is 246 g/mol. The lowest BCUT2D eigenvalue weighted by molar-refractivity contribution is 0.00441. The molecule has 1 saturated heterocycles. The zero-order chi connectivity index (χ0) is 12.4. The number of amides is 1. The Bertz CT molecular complexity index is 427. The molecule has 1 aliphatic carbocycles. The monoisotopic (exact) mass is 246 g/mol. The molecule has 96 valence electrons. The van der Waals surface area contributed by atoms with Gasteiger partial charge in [0, 0.05) is 18.3 Å². The van der Waals surface area contributed by atoms with Crippen LogP contribution in [0.4, 0.5) is 4.79 Å². The average Bonchev–Trinajstić information content (AvgIpc) is 2.67. The van der Waals surface area contributed by atoms with Crippen molar-refractivity contribution < 1.29 is 9.53 Å². The summed E-state index contributed by atoms with van der Waals surface area (Å²) < 4.78 is 5.60. The molecule has 2 fully saturated rings. The minimum Gasteiger partial charge on any atom is -0.441 e. The molecule has 1 saturated carbocycles. The summed E-state index contributed by atoms with van der Waals surface area (Å²) in [6.45, 7) is 0. The van der Waals surface area contributed by atoms with Gasteiger partial charge in [-0.1, -0.05) is 12.5 Å². The van der Waals surface area contributed by atoms with Crippen molar-refractivity contribution in [2.45, 2.75) is 50.2 Å². The largest absolute Gasteiger partial charge is 0.441 e. The van der Waals surface area contributed by atoms with Crippen molar-refractivity contribution in [3.63, 3.8) is 0 Å². The van der Waals surface area contributed by atoms with Crippen molar-refractivity contribution >= 4 is 6.09 Å². The molecule has 1 aliphatic heterocycles. The molecule has 3 rings (SSSR count). The Morgan fingerprint density at radius 3 is 2.89 bits per heavy atom. The van der Waals surface area contributed by atoms with Crippen molar-refractivity contribution in [2.24, 2.45) is 0 Å². The minimum atomic E-state index is -0.285. The van der Waals surface area contributed by atoms with E-state index in [-0.39, 0.29) is 17.7 Å². The molecular weight excluding hydrogens is 228 g/mol. The maximum Gasteiger partial charge on any atom is 0.408 e. The van der Waals surface area contributed by atoms with E-state index in [1.165, 1.54) is 6.42 Å². The van der Waals surface area contributed by atoms with Gasteiger partial charge in [-0.2, -0.15) is 0 Å². The lowest BCUT2D eigenvalue weighted by Gasteiger charge is -2.35. The molecule has 18 heavy (non-hydrogen) atoms. The number of rotatable bonds is 2. The fraction of sp³-hybridized carbons (Fsp3) is 0.571. The highest BCUT2D eigenvalue weighted by atomic mass is 16.6. The van der Waals surface area contributed by atoms with Crippen LogP contribution in [0, 0.1) is 0 Å². The maximum absolute atomic E-state index is 11.6. The lowest BCUT2D eigenvalue weighted by atomic mass is 9.78. The van der Waals surface area contributed by atoms with Crippen LogP contribution in [0.2, 0.25) is 0 Å². The Balaban J connectivity index is 1.79. The minimum absolute atomic E-state index is 0.0696. The highest BCUT2D eigenvalue weighted by Gasteiger charge is 2.49. The first-order chi connectivity index (χ1) is 8.78. The van der Waals surface area contributed by atoms with Crippen LogP contribution in [-0.4, -0.2) is 22.7 Å². The molecule has 1 spiro atoms. The number of nitrogens with zero attached hydrogens (tertiary/aromatic N) is 1. The van der Waals surface area contributed by atoms with Gasteiger partial charge in [-0.25, -0.2) is 4.79 Å². The van der Waals surface area contributed by atoms with Crippen LogP contribution in [0.15, 0.2) is 24.4 Å². The van der Waals surface area contributed by atoms with Crippen LogP contribution >= 0.6 is 0 Å². The van der Waals surface area contributed by atoms with Gasteiger partial charge in [-0.05, 0) is 37.8 Å². The summed E-state index contributed by atoms with van der Waals surface area (Å²) in [5, 5.41) is 2.96. The standard InChI is InChI=1S/C14H18N2O2/c17-13-16-12(10-11-6-2-5-9-15-11)14(18-13)7-3-1-4-8-14/h2,5-6,9,12H,1,3-4,7-8,10H2,(H,16,17). The van der Waals surface area contributed by atoms with Crippen LogP contribution in [0.1, 0.15) is 37.8 Å². The molecule has 0 radical (unpaired) electrons. The number of ether oxygens (including phenoxy) is 1. The Morgan fingerprint density at radius 2 is 2.17 bits per heavy atom. The first-order valence-electron chi connectivity index (χ1n) is 6.68. The van der Waals surface area contributed by atoms with E-state index in [0.29, 0.717) is 0 Å². The number of hydrogen-bond donors (Lipinski definition) is 1. The quantitative estimate of drug-likeness (QED) is 0.872. The summed E-state index contributed by atoms with van der Waals surface area (Å²) in [7, 11) is 0. The molecule has 4 heteroatoms. The fourth-order valence-corrected chi connectivity index (χ4v) is 3.12. The topological polar surface area (TPSA) is 51.2 Å². The van der Waals surface area contributed by atoms with Crippen LogP contribution in [0.5, 0.6) is 0 Å². The van der Waals surface area contributed by atoms with E-state index in [1.54, 1.807) is 6.20 Å². The molecule has 2 heterocycles. The van der Waals surface area contributed by atoms with E-state index in [4.69, 9.17) is 4.74 Å². The predicted molar refractivity (Wildman–Crippen MR) is 67.2 cm³/mol. The Kier molecular flexibility index (Phi) is 2.94. The SMILES string of the molecule is O=C1NC(Cc2ccccn2)C2(CCCCC2)O1. The highest BCUT2D eigenvalue weighted by Crippen LogP contribution is 2.38. The fourth-order valence-electron chi connectivity index (χ4n) is 3.12. The maximum atomic E-state index is 11.6. The van der Waals surface area contributed by atoms with Gasteiger partial charge < -0.3 is 10.1 Å². The van der Waals surface area contributed by atoms with Gasteiger partial charge in [-0.15, -0.1) is 0 Å². The number of hydrogen-bond acceptors (Lipinski definition) is 3. The zero-order valence-electron chi connectivity index (χ0n) is 10.4. The van der Waals surface area contributed by atoms with Crippen molar-refractivity contribution in [2.75, 3.05) is 0 Å². The molecule has 1 N–H and O–H groups in total.